The van der Waals surface area contributed by atoms with E-state index in [1.807, 2.05) is 54.9 Å². The lowest BCUT2D eigenvalue weighted by Crippen LogP contribution is -2.12. The van der Waals surface area contributed by atoms with Gasteiger partial charge < -0.3 is 9.30 Å². The number of rotatable bonds is 4. The summed E-state index contributed by atoms with van der Waals surface area (Å²) in [5.74, 6) is -0.294. The Balaban J connectivity index is 2.19. The molecular formula is C21H21NO2. The van der Waals surface area contributed by atoms with Gasteiger partial charge in [-0.3, -0.25) is 0 Å². The van der Waals surface area contributed by atoms with Crippen molar-refractivity contribution in [1.82, 2.24) is 4.57 Å². The predicted molar refractivity (Wildman–Crippen MR) is 96.6 cm³/mol. The Morgan fingerprint density at radius 2 is 1.67 bits per heavy atom. The molecule has 0 radical (unpaired) electrons. The van der Waals surface area contributed by atoms with Gasteiger partial charge in [0, 0.05) is 17.4 Å². The normalized spacial score (nSPS) is 10.6. The fourth-order valence-corrected chi connectivity index (χ4v) is 2.87. The summed E-state index contributed by atoms with van der Waals surface area (Å²) in [6.07, 6.45) is 2.02. The predicted octanol–water partition coefficient (Wildman–Crippen LogP) is 4.94. The van der Waals surface area contributed by atoms with Crippen molar-refractivity contribution in [1.29, 1.82) is 0 Å². The van der Waals surface area contributed by atoms with Crippen molar-refractivity contribution in [3.8, 4) is 16.8 Å². The maximum atomic E-state index is 12.5. The highest BCUT2D eigenvalue weighted by atomic mass is 16.5. The smallest absolute Gasteiger partial charge is 0.355 e. The van der Waals surface area contributed by atoms with Crippen LogP contribution in [0, 0.1) is 13.8 Å². The van der Waals surface area contributed by atoms with Crippen LogP contribution in [0.3, 0.4) is 0 Å². The minimum absolute atomic E-state index is 0.294. The van der Waals surface area contributed by atoms with E-state index in [0.717, 1.165) is 22.4 Å². The lowest BCUT2D eigenvalue weighted by molar-refractivity contribution is 0.0516. The second kappa shape index (κ2) is 6.75. The average Bonchev–Trinajstić information content (AvgIpc) is 2.94. The third kappa shape index (κ3) is 2.98. The largest absolute Gasteiger partial charge is 0.461 e. The van der Waals surface area contributed by atoms with Crippen molar-refractivity contribution in [3.05, 3.63) is 77.6 Å². The van der Waals surface area contributed by atoms with Crippen LogP contribution in [-0.4, -0.2) is 17.1 Å². The number of para-hydroxylation sites is 1. The first-order valence-electron chi connectivity index (χ1n) is 8.13. The van der Waals surface area contributed by atoms with E-state index in [2.05, 4.69) is 31.2 Å². The van der Waals surface area contributed by atoms with Gasteiger partial charge in [0.2, 0.25) is 0 Å². The molecule has 24 heavy (non-hydrogen) atoms. The summed E-state index contributed by atoms with van der Waals surface area (Å²) in [5, 5.41) is 0. The first-order valence-corrected chi connectivity index (χ1v) is 8.13. The second-order valence-corrected chi connectivity index (χ2v) is 5.81. The SMILES string of the molecule is CCOC(=O)c1c(C)c(-c2ccc(C)cc2)cn1-c1ccccc1. The Bertz CT molecular complexity index is 846. The lowest BCUT2D eigenvalue weighted by Gasteiger charge is -2.09. The Morgan fingerprint density at radius 3 is 2.29 bits per heavy atom. The van der Waals surface area contributed by atoms with Crippen LogP contribution in [0.4, 0.5) is 0 Å². The monoisotopic (exact) mass is 319 g/mol. The van der Waals surface area contributed by atoms with Gasteiger partial charge in [-0.05, 0) is 44.0 Å². The maximum absolute atomic E-state index is 12.5. The van der Waals surface area contributed by atoms with E-state index in [1.165, 1.54) is 5.56 Å². The highest BCUT2D eigenvalue weighted by Crippen LogP contribution is 2.30. The summed E-state index contributed by atoms with van der Waals surface area (Å²) in [5.41, 5.74) is 5.81. The molecule has 3 aromatic rings. The van der Waals surface area contributed by atoms with Crippen molar-refractivity contribution in [3.63, 3.8) is 0 Å². The molecule has 0 fully saturated rings. The number of carbonyl (C=O) groups excluding carboxylic acids is 1. The first kappa shape index (κ1) is 16.1. The number of carbonyl (C=O) groups is 1. The highest BCUT2D eigenvalue weighted by molar-refractivity contribution is 5.93. The number of aromatic nitrogens is 1. The minimum Gasteiger partial charge on any atom is -0.461 e. The molecule has 0 amide bonds. The Labute approximate surface area is 142 Å². The minimum atomic E-state index is -0.294. The van der Waals surface area contributed by atoms with Crippen molar-refractivity contribution >= 4 is 5.97 Å². The summed E-state index contributed by atoms with van der Waals surface area (Å²) < 4.78 is 7.20. The van der Waals surface area contributed by atoms with Gasteiger partial charge in [-0.1, -0.05) is 48.0 Å². The zero-order valence-electron chi connectivity index (χ0n) is 14.2. The van der Waals surface area contributed by atoms with Gasteiger partial charge in [0.25, 0.3) is 0 Å². The number of benzene rings is 2. The van der Waals surface area contributed by atoms with E-state index in [9.17, 15) is 4.79 Å². The molecule has 1 heterocycles. The molecule has 2 aromatic carbocycles. The standard InChI is InChI=1S/C21H21NO2/c1-4-24-21(23)20-16(3)19(17-12-10-15(2)11-13-17)14-22(20)18-8-6-5-7-9-18/h5-14H,4H2,1-3H3. The molecule has 0 N–H and O–H groups in total. The summed E-state index contributed by atoms with van der Waals surface area (Å²) in [4.78, 5) is 12.5. The Hall–Kier alpha value is -2.81. The van der Waals surface area contributed by atoms with Crippen LogP contribution in [0.15, 0.2) is 60.8 Å². The van der Waals surface area contributed by atoms with Crippen LogP contribution in [0.5, 0.6) is 0 Å². The molecule has 3 nitrogen and oxygen atoms in total. The van der Waals surface area contributed by atoms with Gasteiger partial charge >= 0.3 is 5.97 Å². The molecule has 3 heteroatoms. The number of ether oxygens (including phenoxy) is 1. The summed E-state index contributed by atoms with van der Waals surface area (Å²) in [7, 11) is 0. The van der Waals surface area contributed by atoms with E-state index in [1.54, 1.807) is 0 Å². The second-order valence-electron chi connectivity index (χ2n) is 5.81. The number of aryl methyl sites for hydroxylation is 1. The van der Waals surface area contributed by atoms with Crippen LogP contribution < -0.4 is 0 Å². The fourth-order valence-electron chi connectivity index (χ4n) is 2.87. The van der Waals surface area contributed by atoms with Gasteiger partial charge in [-0.15, -0.1) is 0 Å². The first-order chi connectivity index (χ1) is 11.6. The average molecular weight is 319 g/mol. The lowest BCUT2D eigenvalue weighted by atomic mass is 10.0. The van der Waals surface area contributed by atoms with E-state index in [4.69, 9.17) is 4.74 Å². The fraction of sp³-hybridized carbons (Fsp3) is 0.190. The molecular weight excluding hydrogens is 298 g/mol. The molecule has 122 valence electrons. The zero-order chi connectivity index (χ0) is 17.1. The molecule has 0 atom stereocenters. The van der Waals surface area contributed by atoms with Gasteiger partial charge in [-0.2, -0.15) is 0 Å². The number of hydrogen-bond donors (Lipinski definition) is 0. The van der Waals surface area contributed by atoms with Crippen LogP contribution in [-0.2, 0) is 4.74 Å². The summed E-state index contributed by atoms with van der Waals surface area (Å²) >= 11 is 0. The van der Waals surface area contributed by atoms with E-state index < -0.39 is 0 Å². The van der Waals surface area contributed by atoms with Crippen LogP contribution >= 0.6 is 0 Å². The molecule has 1 aromatic heterocycles. The molecule has 0 unspecified atom stereocenters. The summed E-state index contributed by atoms with van der Waals surface area (Å²) in [6.45, 7) is 6.22. The Kier molecular flexibility index (Phi) is 4.52. The number of nitrogens with zero attached hydrogens (tertiary/aromatic N) is 1. The van der Waals surface area contributed by atoms with Crippen LogP contribution in [0.2, 0.25) is 0 Å². The molecule has 0 spiro atoms. The molecule has 0 aliphatic rings. The van der Waals surface area contributed by atoms with Crippen LogP contribution in [0.25, 0.3) is 16.8 Å². The third-order valence-electron chi connectivity index (χ3n) is 4.12. The van der Waals surface area contributed by atoms with Gasteiger partial charge in [0.15, 0.2) is 0 Å². The van der Waals surface area contributed by atoms with E-state index in [-0.39, 0.29) is 5.97 Å². The number of hydrogen-bond acceptors (Lipinski definition) is 2. The van der Waals surface area contributed by atoms with Crippen molar-refractivity contribution in [2.24, 2.45) is 0 Å². The molecule has 0 saturated heterocycles. The molecule has 0 saturated carbocycles. The van der Waals surface area contributed by atoms with Crippen molar-refractivity contribution in [2.75, 3.05) is 6.61 Å². The Morgan fingerprint density at radius 1 is 1.00 bits per heavy atom. The number of esters is 1. The molecule has 3 rings (SSSR count). The third-order valence-corrected chi connectivity index (χ3v) is 4.12. The van der Waals surface area contributed by atoms with Crippen molar-refractivity contribution < 1.29 is 9.53 Å². The topological polar surface area (TPSA) is 31.2 Å². The van der Waals surface area contributed by atoms with Gasteiger partial charge in [0.05, 0.1) is 6.61 Å². The molecule has 0 aliphatic carbocycles. The highest BCUT2D eigenvalue weighted by Gasteiger charge is 2.21. The molecule has 0 aliphatic heterocycles. The molecule has 0 bridgehead atoms. The van der Waals surface area contributed by atoms with Crippen LogP contribution in [0.1, 0.15) is 28.5 Å². The van der Waals surface area contributed by atoms with E-state index in [0.29, 0.717) is 12.3 Å². The van der Waals surface area contributed by atoms with Gasteiger partial charge in [0.1, 0.15) is 5.69 Å². The summed E-state index contributed by atoms with van der Waals surface area (Å²) in [6, 6.07) is 18.2. The van der Waals surface area contributed by atoms with E-state index >= 15 is 0 Å². The van der Waals surface area contributed by atoms with Crippen molar-refractivity contribution in [2.45, 2.75) is 20.8 Å². The van der Waals surface area contributed by atoms with Gasteiger partial charge in [-0.25, -0.2) is 4.79 Å². The zero-order valence-corrected chi connectivity index (χ0v) is 14.2. The maximum Gasteiger partial charge on any atom is 0.355 e. The quantitative estimate of drug-likeness (QED) is 0.638.